The molecule has 0 aliphatic rings. The van der Waals surface area contributed by atoms with E-state index < -0.39 is 8.07 Å². The molecule has 102 valence electrons. The quantitative estimate of drug-likeness (QED) is 0.691. The first kappa shape index (κ1) is 15.4. The highest BCUT2D eigenvalue weighted by atomic mass is 28.3. The summed E-state index contributed by atoms with van der Waals surface area (Å²) >= 11 is 0. The van der Waals surface area contributed by atoms with Gasteiger partial charge in [-0.05, 0) is 12.1 Å². The summed E-state index contributed by atoms with van der Waals surface area (Å²) < 4.78 is 0. The number of rotatable bonds is 1. The molecular weight excluding hydrogens is 234 g/mol. The van der Waals surface area contributed by atoms with Crippen LogP contribution in [0.4, 0.5) is 0 Å². The largest absolute Gasteiger partial charge is 0.257 e. The first-order chi connectivity index (χ1) is 7.82. The van der Waals surface area contributed by atoms with E-state index >= 15 is 0 Å². The van der Waals surface area contributed by atoms with Gasteiger partial charge in [0.1, 0.15) is 0 Å². The lowest BCUT2D eigenvalue weighted by molar-refractivity contribution is 0.532. The standard InChI is InChI=1S/C16H29NSi/c1-15(2,3)13-10-12(18(7,8)9)11-14(17-13)16(4,5)6/h10-11H,1-9H3. The highest BCUT2D eigenvalue weighted by Gasteiger charge is 2.26. The van der Waals surface area contributed by atoms with Crippen LogP contribution in [0.2, 0.25) is 19.6 Å². The fraction of sp³-hybridized carbons (Fsp3) is 0.688. The SMILES string of the molecule is CC(C)(C)c1cc([Si](C)(C)C)cc(C(C)(C)C)n1. The molecule has 0 amide bonds. The van der Waals surface area contributed by atoms with E-state index in [0.29, 0.717) is 0 Å². The van der Waals surface area contributed by atoms with E-state index in [0.717, 1.165) is 0 Å². The summed E-state index contributed by atoms with van der Waals surface area (Å²) in [5.74, 6) is 0. The van der Waals surface area contributed by atoms with Crippen molar-refractivity contribution in [3.63, 3.8) is 0 Å². The molecule has 18 heavy (non-hydrogen) atoms. The molecule has 0 saturated heterocycles. The second-order valence-corrected chi connectivity index (χ2v) is 13.5. The predicted molar refractivity (Wildman–Crippen MR) is 84.6 cm³/mol. The normalized spacial score (nSPS) is 13.8. The van der Waals surface area contributed by atoms with E-state index in [1.165, 1.54) is 16.6 Å². The van der Waals surface area contributed by atoms with Crippen molar-refractivity contribution in [2.24, 2.45) is 0 Å². The van der Waals surface area contributed by atoms with Gasteiger partial charge in [-0.1, -0.05) is 66.4 Å². The third-order valence-electron chi connectivity index (χ3n) is 3.23. The zero-order chi connectivity index (χ0) is 14.4. The summed E-state index contributed by atoms with van der Waals surface area (Å²) in [5, 5.41) is 1.52. The van der Waals surface area contributed by atoms with Crippen molar-refractivity contribution in [3.05, 3.63) is 23.5 Å². The maximum Gasteiger partial charge on any atom is 0.0777 e. The molecule has 1 aromatic rings. The zero-order valence-electron chi connectivity index (χ0n) is 13.6. The predicted octanol–water partition coefficient (Wildman–Crippen LogP) is 4.22. The third-order valence-corrected chi connectivity index (χ3v) is 5.25. The molecule has 0 aromatic carbocycles. The van der Waals surface area contributed by atoms with E-state index in [9.17, 15) is 0 Å². The molecule has 0 atom stereocenters. The van der Waals surface area contributed by atoms with Crippen LogP contribution in [0.3, 0.4) is 0 Å². The Bertz CT molecular complexity index is 349. The molecule has 1 rings (SSSR count). The van der Waals surface area contributed by atoms with Crippen molar-refractivity contribution >= 4 is 13.3 Å². The molecular formula is C16H29NSi. The third kappa shape index (κ3) is 3.68. The molecule has 0 radical (unpaired) electrons. The maximum atomic E-state index is 4.91. The van der Waals surface area contributed by atoms with Crippen LogP contribution in [0.5, 0.6) is 0 Å². The number of hydrogen-bond acceptors (Lipinski definition) is 1. The smallest absolute Gasteiger partial charge is 0.0777 e. The number of nitrogens with zero attached hydrogens (tertiary/aromatic N) is 1. The molecule has 0 saturated carbocycles. The summed E-state index contributed by atoms with van der Waals surface area (Å²) in [6, 6.07) is 4.67. The first-order valence-electron chi connectivity index (χ1n) is 6.85. The van der Waals surface area contributed by atoms with E-state index in [1.54, 1.807) is 0 Å². The lowest BCUT2D eigenvalue weighted by Gasteiger charge is -2.27. The Morgan fingerprint density at radius 3 is 1.33 bits per heavy atom. The summed E-state index contributed by atoms with van der Waals surface area (Å²) in [7, 11) is -1.29. The summed E-state index contributed by atoms with van der Waals surface area (Å²) in [6.07, 6.45) is 0. The van der Waals surface area contributed by atoms with Gasteiger partial charge in [0.05, 0.1) is 8.07 Å². The van der Waals surface area contributed by atoms with Crippen LogP contribution in [0, 0.1) is 0 Å². The van der Waals surface area contributed by atoms with Crippen LogP contribution < -0.4 is 5.19 Å². The maximum absolute atomic E-state index is 4.91. The Balaban J connectivity index is 3.49. The zero-order valence-corrected chi connectivity index (χ0v) is 14.6. The fourth-order valence-electron chi connectivity index (χ4n) is 1.73. The summed E-state index contributed by atoms with van der Waals surface area (Å²) in [6.45, 7) is 20.7. The Kier molecular flexibility index (Phi) is 3.84. The minimum Gasteiger partial charge on any atom is -0.257 e. The molecule has 0 N–H and O–H groups in total. The van der Waals surface area contributed by atoms with Crippen molar-refractivity contribution in [2.75, 3.05) is 0 Å². The van der Waals surface area contributed by atoms with Gasteiger partial charge in [-0.3, -0.25) is 4.98 Å². The van der Waals surface area contributed by atoms with Crippen molar-refractivity contribution in [3.8, 4) is 0 Å². The molecule has 0 aliphatic carbocycles. The minimum absolute atomic E-state index is 0.121. The average molecular weight is 264 g/mol. The van der Waals surface area contributed by atoms with Gasteiger partial charge in [-0.15, -0.1) is 0 Å². The lowest BCUT2D eigenvalue weighted by Crippen LogP contribution is -2.40. The summed E-state index contributed by atoms with van der Waals surface area (Å²) in [5.41, 5.74) is 2.70. The molecule has 1 aromatic heterocycles. The highest BCUT2D eigenvalue weighted by molar-refractivity contribution is 6.88. The Labute approximate surface area is 114 Å². The van der Waals surface area contributed by atoms with Gasteiger partial charge >= 0.3 is 0 Å². The molecule has 0 aliphatic heterocycles. The molecule has 1 nitrogen and oxygen atoms in total. The number of hydrogen-bond donors (Lipinski definition) is 0. The van der Waals surface area contributed by atoms with Crippen LogP contribution in [0.25, 0.3) is 0 Å². The first-order valence-corrected chi connectivity index (χ1v) is 10.4. The summed E-state index contributed by atoms with van der Waals surface area (Å²) in [4.78, 5) is 4.91. The van der Waals surface area contributed by atoms with Crippen molar-refractivity contribution in [2.45, 2.75) is 72.0 Å². The lowest BCUT2D eigenvalue weighted by atomic mass is 9.88. The number of aromatic nitrogens is 1. The van der Waals surface area contributed by atoms with Crippen LogP contribution in [0.1, 0.15) is 52.9 Å². The van der Waals surface area contributed by atoms with Crippen molar-refractivity contribution in [1.82, 2.24) is 4.98 Å². The van der Waals surface area contributed by atoms with Gasteiger partial charge in [0.25, 0.3) is 0 Å². The van der Waals surface area contributed by atoms with E-state index in [1.807, 2.05) is 0 Å². The van der Waals surface area contributed by atoms with Crippen LogP contribution in [-0.2, 0) is 10.8 Å². The van der Waals surface area contributed by atoms with E-state index in [-0.39, 0.29) is 10.8 Å². The van der Waals surface area contributed by atoms with Crippen LogP contribution in [0.15, 0.2) is 12.1 Å². The Morgan fingerprint density at radius 2 is 1.11 bits per heavy atom. The monoisotopic (exact) mass is 263 g/mol. The molecule has 2 heteroatoms. The fourth-order valence-corrected chi connectivity index (χ4v) is 2.87. The average Bonchev–Trinajstić information content (AvgIpc) is 2.13. The minimum atomic E-state index is -1.29. The molecule has 0 spiro atoms. The molecule has 0 unspecified atom stereocenters. The second-order valence-electron chi connectivity index (χ2n) is 8.38. The van der Waals surface area contributed by atoms with Gasteiger partial charge < -0.3 is 0 Å². The highest BCUT2D eigenvalue weighted by Crippen LogP contribution is 2.25. The van der Waals surface area contributed by atoms with Gasteiger partial charge in [0.15, 0.2) is 0 Å². The molecule has 0 fully saturated rings. The Hall–Kier alpha value is -0.633. The van der Waals surface area contributed by atoms with Gasteiger partial charge in [0.2, 0.25) is 0 Å². The van der Waals surface area contributed by atoms with E-state index in [2.05, 4.69) is 73.3 Å². The van der Waals surface area contributed by atoms with Crippen LogP contribution >= 0.6 is 0 Å². The van der Waals surface area contributed by atoms with Gasteiger partial charge in [-0.2, -0.15) is 0 Å². The van der Waals surface area contributed by atoms with Crippen molar-refractivity contribution < 1.29 is 0 Å². The van der Waals surface area contributed by atoms with Crippen molar-refractivity contribution in [1.29, 1.82) is 0 Å². The molecule has 0 bridgehead atoms. The van der Waals surface area contributed by atoms with E-state index in [4.69, 9.17) is 4.98 Å². The topological polar surface area (TPSA) is 12.9 Å². The van der Waals surface area contributed by atoms with Gasteiger partial charge in [0, 0.05) is 22.2 Å². The number of pyridine rings is 1. The van der Waals surface area contributed by atoms with Crippen LogP contribution in [-0.4, -0.2) is 13.1 Å². The molecule has 1 heterocycles. The Morgan fingerprint density at radius 1 is 0.778 bits per heavy atom. The second kappa shape index (κ2) is 4.48. The van der Waals surface area contributed by atoms with Gasteiger partial charge in [-0.25, -0.2) is 0 Å².